The molecule has 0 aliphatic rings. The second-order valence-electron chi connectivity index (χ2n) is 4.45. The maximum Gasteiger partial charge on any atom is 0.253 e. The second kappa shape index (κ2) is 5.05. The monoisotopic (exact) mass is 238 g/mol. The molecule has 0 fully saturated rings. The maximum absolute atomic E-state index is 12.0. The van der Waals surface area contributed by atoms with Crippen LogP contribution in [0.5, 0.6) is 5.75 Å². The number of nitrogens with two attached hydrogens (primary N) is 1. The largest absolute Gasteiger partial charge is 0.497 e. The van der Waals surface area contributed by atoms with Gasteiger partial charge in [0.15, 0.2) is 0 Å². The highest BCUT2D eigenvalue weighted by Crippen LogP contribution is 2.20. The number of hydrogen-bond acceptors (Lipinski definition) is 4. The first kappa shape index (κ1) is 13.3. The van der Waals surface area contributed by atoms with Gasteiger partial charge >= 0.3 is 0 Å². The number of benzene rings is 1. The Labute approximate surface area is 101 Å². The van der Waals surface area contributed by atoms with Crippen molar-refractivity contribution in [3.63, 3.8) is 0 Å². The Balaban J connectivity index is 2.96. The van der Waals surface area contributed by atoms with Gasteiger partial charge in [-0.25, -0.2) is 0 Å². The molecule has 0 spiro atoms. The van der Waals surface area contributed by atoms with Crippen LogP contribution in [0.2, 0.25) is 0 Å². The molecule has 0 saturated heterocycles. The smallest absolute Gasteiger partial charge is 0.253 e. The first-order chi connectivity index (χ1) is 7.89. The summed E-state index contributed by atoms with van der Waals surface area (Å²) in [5.74, 6) is 0.228. The van der Waals surface area contributed by atoms with Crippen molar-refractivity contribution < 1.29 is 14.6 Å². The Kier molecular flexibility index (Phi) is 3.96. The molecule has 4 N–H and O–H groups in total. The van der Waals surface area contributed by atoms with E-state index in [1.165, 1.54) is 7.11 Å². The summed E-state index contributed by atoms with van der Waals surface area (Å²) in [5, 5.41) is 11.8. The number of nitrogens with one attached hydrogen (secondary N) is 1. The molecular weight excluding hydrogens is 220 g/mol. The van der Waals surface area contributed by atoms with Crippen molar-refractivity contribution in [2.45, 2.75) is 19.4 Å². The third kappa shape index (κ3) is 3.35. The summed E-state index contributed by atoms with van der Waals surface area (Å²) >= 11 is 0. The fourth-order valence-corrected chi connectivity index (χ4v) is 1.27. The molecule has 94 valence electrons. The lowest BCUT2D eigenvalue weighted by molar-refractivity contribution is 0.0870. The maximum atomic E-state index is 12.0. The summed E-state index contributed by atoms with van der Waals surface area (Å²) in [5.41, 5.74) is 5.75. The van der Waals surface area contributed by atoms with Gasteiger partial charge in [0.2, 0.25) is 0 Å². The molecule has 1 rings (SSSR count). The number of amides is 1. The molecule has 1 aromatic carbocycles. The predicted molar refractivity (Wildman–Crippen MR) is 66.0 cm³/mol. The van der Waals surface area contributed by atoms with Gasteiger partial charge in [0.05, 0.1) is 24.8 Å². The van der Waals surface area contributed by atoms with Gasteiger partial charge < -0.3 is 20.9 Å². The molecule has 0 bridgehead atoms. The number of nitrogen functional groups attached to an aromatic ring is 1. The number of carbonyl (C=O) groups is 1. The molecule has 5 heteroatoms. The van der Waals surface area contributed by atoms with Crippen LogP contribution in [0.15, 0.2) is 18.2 Å². The molecule has 0 unspecified atom stereocenters. The fourth-order valence-electron chi connectivity index (χ4n) is 1.27. The lowest BCUT2D eigenvalue weighted by Crippen LogP contribution is -2.46. The molecule has 5 nitrogen and oxygen atoms in total. The number of hydrogen-bond donors (Lipinski definition) is 3. The Morgan fingerprint density at radius 3 is 2.71 bits per heavy atom. The van der Waals surface area contributed by atoms with E-state index >= 15 is 0 Å². The van der Waals surface area contributed by atoms with E-state index in [2.05, 4.69) is 5.32 Å². The van der Waals surface area contributed by atoms with Crippen LogP contribution < -0.4 is 15.8 Å². The second-order valence-corrected chi connectivity index (χ2v) is 4.45. The molecule has 0 atom stereocenters. The summed E-state index contributed by atoms with van der Waals surface area (Å²) < 4.78 is 5.03. The lowest BCUT2D eigenvalue weighted by atomic mass is 10.1. The quantitative estimate of drug-likeness (QED) is 0.677. The summed E-state index contributed by atoms with van der Waals surface area (Å²) in [6.45, 7) is 3.30. The molecule has 0 aromatic heterocycles. The normalized spacial score (nSPS) is 11.1. The van der Waals surface area contributed by atoms with E-state index in [1.54, 1.807) is 32.0 Å². The molecule has 0 heterocycles. The minimum Gasteiger partial charge on any atom is -0.497 e. The van der Waals surface area contributed by atoms with E-state index in [0.717, 1.165) is 0 Å². The standard InChI is InChI=1S/C12H18N2O3/c1-12(2,7-15)14-11(16)9-6-8(17-3)4-5-10(9)13/h4-6,15H,7,13H2,1-3H3,(H,14,16). The van der Waals surface area contributed by atoms with Crippen molar-refractivity contribution in [2.75, 3.05) is 19.5 Å². The molecule has 0 saturated carbocycles. The zero-order chi connectivity index (χ0) is 13.1. The Bertz CT molecular complexity index is 416. The van der Waals surface area contributed by atoms with Crippen LogP contribution in [-0.4, -0.2) is 30.3 Å². The van der Waals surface area contributed by atoms with Crippen LogP contribution in [0.4, 0.5) is 5.69 Å². The van der Waals surface area contributed by atoms with Gasteiger partial charge in [-0.3, -0.25) is 4.79 Å². The number of ether oxygens (including phenoxy) is 1. The number of aliphatic hydroxyl groups excluding tert-OH is 1. The zero-order valence-corrected chi connectivity index (χ0v) is 10.3. The molecular formula is C12H18N2O3. The number of anilines is 1. The molecule has 0 aliphatic carbocycles. The third-order valence-electron chi connectivity index (χ3n) is 2.35. The van der Waals surface area contributed by atoms with Gasteiger partial charge in [0.25, 0.3) is 5.91 Å². The SMILES string of the molecule is COc1ccc(N)c(C(=O)NC(C)(C)CO)c1. The third-order valence-corrected chi connectivity index (χ3v) is 2.35. The van der Waals surface area contributed by atoms with Crippen molar-refractivity contribution in [2.24, 2.45) is 0 Å². The van der Waals surface area contributed by atoms with Gasteiger partial charge in [-0.15, -0.1) is 0 Å². The summed E-state index contributed by atoms with van der Waals surface area (Å²) in [6, 6.07) is 4.86. The summed E-state index contributed by atoms with van der Waals surface area (Å²) in [7, 11) is 1.52. The number of rotatable bonds is 4. The van der Waals surface area contributed by atoms with Gasteiger partial charge in [-0.1, -0.05) is 0 Å². The van der Waals surface area contributed by atoms with Crippen LogP contribution in [0.3, 0.4) is 0 Å². The molecule has 0 aliphatic heterocycles. The van der Waals surface area contributed by atoms with E-state index in [9.17, 15) is 4.79 Å². The molecule has 1 aromatic rings. The minimum absolute atomic E-state index is 0.150. The predicted octanol–water partition coefficient (Wildman–Crippen LogP) is 0.778. The average Bonchev–Trinajstić information content (AvgIpc) is 2.29. The van der Waals surface area contributed by atoms with Crippen LogP contribution in [0.1, 0.15) is 24.2 Å². The van der Waals surface area contributed by atoms with Gasteiger partial charge in [-0.05, 0) is 32.0 Å². The van der Waals surface area contributed by atoms with E-state index in [0.29, 0.717) is 17.0 Å². The average molecular weight is 238 g/mol. The van der Waals surface area contributed by atoms with Gasteiger partial charge in [-0.2, -0.15) is 0 Å². The van der Waals surface area contributed by atoms with Gasteiger partial charge in [0.1, 0.15) is 5.75 Å². The molecule has 1 amide bonds. The zero-order valence-electron chi connectivity index (χ0n) is 10.3. The summed E-state index contributed by atoms with van der Waals surface area (Å²) in [4.78, 5) is 12.0. The first-order valence-corrected chi connectivity index (χ1v) is 5.26. The van der Waals surface area contributed by atoms with E-state index < -0.39 is 5.54 Å². The highest BCUT2D eigenvalue weighted by atomic mass is 16.5. The molecule has 17 heavy (non-hydrogen) atoms. The van der Waals surface area contributed by atoms with Crippen molar-refractivity contribution >= 4 is 11.6 Å². The molecule has 0 radical (unpaired) electrons. The van der Waals surface area contributed by atoms with Gasteiger partial charge in [0, 0.05) is 5.69 Å². The Morgan fingerprint density at radius 1 is 1.53 bits per heavy atom. The lowest BCUT2D eigenvalue weighted by Gasteiger charge is -2.23. The van der Waals surface area contributed by atoms with E-state index in [1.807, 2.05) is 0 Å². The van der Waals surface area contributed by atoms with Crippen LogP contribution >= 0.6 is 0 Å². The first-order valence-electron chi connectivity index (χ1n) is 5.26. The summed E-state index contributed by atoms with van der Waals surface area (Å²) in [6.07, 6.45) is 0. The number of carbonyl (C=O) groups excluding carboxylic acids is 1. The van der Waals surface area contributed by atoms with Crippen molar-refractivity contribution in [3.05, 3.63) is 23.8 Å². The van der Waals surface area contributed by atoms with Crippen LogP contribution in [0.25, 0.3) is 0 Å². The van der Waals surface area contributed by atoms with E-state index in [4.69, 9.17) is 15.6 Å². The highest BCUT2D eigenvalue weighted by Gasteiger charge is 2.21. The topological polar surface area (TPSA) is 84.6 Å². The Morgan fingerprint density at radius 2 is 2.18 bits per heavy atom. The number of aliphatic hydroxyl groups is 1. The van der Waals surface area contributed by atoms with Crippen molar-refractivity contribution in [1.82, 2.24) is 5.32 Å². The fraction of sp³-hybridized carbons (Fsp3) is 0.417. The highest BCUT2D eigenvalue weighted by molar-refractivity contribution is 5.99. The van der Waals surface area contributed by atoms with Crippen LogP contribution in [-0.2, 0) is 0 Å². The number of methoxy groups -OCH3 is 1. The van der Waals surface area contributed by atoms with Crippen LogP contribution in [0, 0.1) is 0 Å². The van der Waals surface area contributed by atoms with Crippen molar-refractivity contribution in [1.29, 1.82) is 0 Å². The van der Waals surface area contributed by atoms with Crippen molar-refractivity contribution in [3.8, 4) is 5.75 Å². The van der Waals surface area contributed by atoms with E-state index in [-0.39, 0.29) is 12.5 Å². The Hall–Kier alpha value is -1.75. The minimum atomic E-state index is -0.688.